The monoisotopic (exact) mass is 708 g/mol. The molecular formula is C17H39ClIrO9P3-. The first-order valence-corrected chi connectivity index (χ1v) is 14.7. The second kappa shape index (κ2) is 38.6. The first-order valence-electron chi connectivity index (χ1n) is 8.99. The van der Waals surface area contributed by atoms with Crippen LogP contribution >= 0.6 is 23.8 Å². The molecule has 9 nitrogen and oxygen atoms in total. The smallest absolute Gasteiger partial charge is 0.0668 e. The van der Waals surface area contributed by atoms with Gasteiger partial charge in [0.05, 0.1) is 57.1 Å². The van der Waals surface area contributed by atoms with Crippen LogP contribution < -0.4 is 12.4 Å². The van der Waals surface area contributed by atoms with Crippen LogP contribution in [-0.4, -0.2) is 103 Å². The van der Waals surface area contributed by atoms with Crippen LogP contribution in [0.15, 0.2) is 24.3 Å². The normalized spacial score (nSPS) is 14.2. The second-order valence-electron chi connectivity index (χ2n) is 5.38. The zero-order valence-corrected chi connectivity index (χ0v) is 23.4. The predicted octanol–water partition coefficient (Wildman–Crippen LogP) is -2.37. The van der Waals surface area contributed by atoms with Crippen LogP contribution in [0.5, 0.6) is 0 Å². The van der Waals surface area contributed by atoms with Gasteiger partial charge in [0.1, 0.15) is 0 Å². The van der Waals surface area contributed by atoms with Crippen LogP contribution in [0.2, 0.25) is 0 Å². The fourth-order valence-electron chi connectivity index (χ4n) is 1.26. The van der Waals surface area contributed by atoms with Crippen molar-refractivity contribution in [3.8, 4) is 0 Å². The molecule has 0 bridgehead atoms. The Balaban J connectivity index is -0.0000000951. The Kier molecular flexibility index (Phi) is 52.9. The number of allylic oxidation sites excluding steroid dienone is 4. The summed E-state index contributed by atoms with van der Waals surface area (Å²) in [6.45, 7) is 0. The van der Waals surface area contributed by atoms with Gasteiger partial charge in [-0.1, -0.05) is 24.3 Å². The fraction of sp³-hybridized carbons (Fsp3) is 0.765. The van der Waals surface area contributed by atoms with Crippen molar-refractivity contribution in [3.63, 3.8) is 0 Å². The maximum atomic E-state index is 8.23. The second-order valence-corrected chi connectivity index (χ2v) is 12.0. The number of hydrogen-bond acceptors (Lipinski definition) is 9. The van der Waals surface area contributed by atoms with Gasteiger partial charge in [0, 0.05) is 20.1 Å². The van der Waals surface area contributed by atoms with Crippen molar-refractivity contribution in [2.45, 2.75) is 25.7 Å². The van der Waals surface area contributed by atoms with Crippen LogP contribution in [0, 0.1) is 0 Å². The van der Waals surface area contributed by atoms with Gasteiger partial charge in [0.2, 0.25) is 0 Å². The van der Waals surface area contributed by atoms with Crippen molar-refractivity contribution in [3.05, 3.63) is 24.3 Å². The molecule has 0 saturated carbocycles. The topological polar surface area (TPSA) is 182 Å². The van der Waals surface area contributed by atoms with Crippen molar-refractivity contribution >= 4 is 23.8 Å². The third-order valence-electron chi connectivity index (χ3n) is 3.13. The SMILES string of the molecule is C1=C\CC/C=C\CC/1.OCP(CO)CO.OCP(CO)CO.OCP(CO)CO.[Cl-].[Ir]. The van der Waals surface area contributed by atoms with Crippen molar-refractivity contribution in [1.82, 2.24) is 0 Å². The first kappa shape index (κ1) is 42.5. The Bertz CT molecular complexity index is 280. The Labute approximate surface area is 208 Å². The quantitative estimate of drug-likeness (QED) is 0.0935. The van der Waals surface area contributed by atoms with E-state index in [1.54, 1.807) is 0 Å². The molecule has 1 radical (unpaired) electrons. The van der Waals surface area contributed by atoms with E-state index in [4.69, 9.17) is 46.0 Å². The van der Waals surface area contributed by atoms with Gasteiger partial charge in [0.15, 0.2) is 0 Å². The molecule has 14 heteroatoms. The molecule has 1 rings (SSSR count). The molecule has 31 heavy (non-hydrogen) atoms. The minimum Gasteiger partial charge on any atom is -1.00 e. The number of hydrogen-bond donors (Lipinski definition) is 9. The van der Waals surface area contributed by atoms with E-state index >= 15 is 0 Å². The summed E-state index contributed by atoms with van der Waals surface area (Å²) in [5.74, 6) is 0. The van der Waals surface area contributed by atoms with Gasteiger partial charge in [-0.05, 0) is 49.4 Å². The van der Waals surface area contributed by atoms with Crippen molar-refractivity contribution in [2.75, 3.05) is 57.1 Å². The van der Waals surface area contributed by atoms with Crippen LogP contribution in [0.3, 0.4) is 0 Å². The molecule has 1 aliphatic carbocycles. The van der Waals surface area contributed by atoms with E-state index in [0.29, 0.717) is 0 Å². The predicted molar refractivity (Wildman–Crippen MR) is 121 cm³/mol. The summed E-state index contributed by atoms with van der Waals surface area (Å²) in [5, 5.41) is 74.1. The molecule has 1 aliphatic rings. The molecule has 0 atom stereocenters. The van der Waals surface area contributed by atoms with Crippen molar-refractivity contribution in [2.24, 2.45) is 0 Å². The van der Waals surface area contributed by atoms with Gasteiger partial charge in [-0.2, -0.15) is 0 Å². The van der Waals surface area contributed by atoms with Gasteiger partial charge in [-0.3, -0.25) is 0 Å². The molecule has 0 aromatic rings. The zero-order valence-electron chi connectivity index (χ0n) is 17.6. The summed E-state index contributed by atoms with van der Waals surface area (Å²) in [7, 11) is -2.66. The van der Waals surface area contributed by atoms with E-state index < -0.39 is 23.8 Å². The molecular weight excluding hydrogens is 669 g/mol. The maximum absolute atomic E-state index is 8.23. The van der Waals surface area contributed by atoms with Crippen LogP contribution in [-0.2, 0) is 20.1 Å². The van der Waals surface area contributed by atoms with E-state index in [0.717, 1.165) is 0 Å². The van der Waals surface area contributed by atoms with Gasteiger partial charge in [-0.25, -0.2) is 0 Å². The largest absolute Gasteiger partial charge is 1.00 e. The number of halogens is 1. The zero-order chi connectivity index (χ0) is 22.8. The number of rotatable bonds is 9. The molecule has 0 aliphatic heterocycles. The number of aliphatic hydroxyl groups is 9. The summed E-state index contributed by atoms with van der Waals surface area (Å²) in [4.78, 5) is 0. The summed E-state index contributed by atoms with van der Waals surface area (Å²) >= 11 is 0. The van der Waals surface area contributed by atoms with E-state index in [1.165, 1.54) is 25.7 Å². The van der Waals surface area contributed by atoms with Crippen LogP contribution in [0.1, 0.15) is 25.7 Å². The van der Waals surface area contributed by atoms with Crippen molar-refractivity contribution < 1.29 is 78.5 Å². The third-order valence-corrected chi connectivity index (χ3v) is 6.73. The Morgan fingerprint density at radius 1 is 0.387 bits per heavy atom. The number of aliphatic hydroxyl groups excluding tert-OH is 9. The maximum Gasteiger partial charge on any atom is 0.0668 e. The minimum atomic E-state index is -0.887. The average Bonchev–Trinajstić information content (AvgIpc) is 2.73. The molecule has 9 N–H and O–H groups in total. The minimum absolute atomic E-state index is 0. The Morgan fingerprint density at radius 2 is 0.516 bits per heavy atom. The van der Waals surface area contributed by atoms with Crippen LogP contribution in [0.25, 0.3) is 0 Å². The molecule has 0 spiro atoms. The van der Waals surface area contributed by atoms with Gasteiger partial charge in [-0.15, -0.1) is 0 Å². The van der Waals surface area contributed by atoms with E-state index in [-0.39, 0.29) is 89.6 Å². The fourth-order valence-corrected chi connectivity index (χ4v) is 2.06. The molecule has 0 amide bonds. The van der Waals surface area contributed by atoms with Gasteiger partial charge in [0.25, 0.3) is 0 Å². The summed E-state index contributed by atoms with van der Waals surface area (Å²) in [5.41, 5.74) is 0. The van der Waals surface area contributed by atoms with E-state index in [1.807, 2.05) is 0 Å². The molecule has 0 heterocycles. The van der Waals surface area contributed by atoms with Crippen LogP contribution in [0.4, 0.5) is 0 Å². The molecule has 0 aromatic heterocycles. The molecule has 0 fully saturated rings. The first-order chi connectivity index (χ1) is 14.0. The molecule has 0 unspecified atom stereocenters. The van der Waals surface area contributed by atoms with E-state index in [2.05, 4.69) is 24.3 Å². The van der Waals surface area contributed by atoms with Gasteiger partial charge >= 0.3 is 0 Å². The third kappa shape index (κ3) is 36.1. The Hall–Kier alpha value is 1.35. The van der Waals surface area contributed by atoms with E-state index in [9.17, 15) is 0 Å². The summed E-state index contributed by atoms with van der Waals surface area (Å²) in [6, 6.07) is 0. The molecule has 193 valence electrons. The van der Waals surface area contributed by atoms with Gasteiger partial charge < -0.3 is 58.4 Å². The summed E-state index contributed by atoms with van der Waals surface area (Å²) < 4.78 is 0. The summed E-state index contributed by atoms with van der Waals surface area (Å²) in [6.07, 6.45) is 13.3. The standard InChI is InChI=1S/C8H12.3C3H9O3P.ClH.Ir/c1-2-4-6-8-7-5-3-1;3*4-1-7(2-5)3-6;;/h1-2,7-8H,3-6H2;3*4-6H,1-3H2;1H;/p-1/b2-1-,8-7-;;;;;. The Morgan fingerprint density at radius 3 is 0.581 bits per heavy atom. The van der Waals surface area contributed by atoms with Crippen molar-refractivity contribution in [1.29, 1.82) is 0 Å². The molecule has 0 aromatic carbocycles. The average molecular weight is 708 g/mol. The molecule has 0 saturated heterocycles.